The summed E-state index contributed by atoms with van der Waals surface area (Å²) in [6.45, 7) is 8.53. The van der Waals surface area contributed by atoms with Gasteiger partial charge in [-0.15, -0.1) is 0 Å². The van der Waals surface area contributed by atoms with Crippen LogP contribution < -0.4 is 5.32 Å². The SMILES string of the molecule is CCCN(C1CCNC1)C(C)c1cc(F)c(C)cc1F. The van der Waals surface area contributed by atoms with Crippen molar-refractivity contribution in [2.45, 2.75) is 45.7 Å². The summed E-state index contributed by atoms with van der Waals surface area (Å²) in [7, 11) is 0. The van der Waals surface area contributed by atoms with Crippen molar-refractivity contribution in [1.29, 1.82) is 0 Å². The standard InChI is InChI=1S/C16H24F2N2/c1-4-7-20(13-5-6-19-10-13)12(3)14-9-15(17)11(2)8-16(14)18/h8-9,12-13,19H,4-7,10H2,1-3H3. The number of hydrogen-bond acceptors (Lipinski definition) is 2. The van der Waals surface area contributed by atoms with E-state index in [1.54, 1.807) is 6.92 Å². The largest absolute Gasteiger partial charge is 0.315 e. The maximum Gasteiger partial charge on any atom is 0.128 e. The fourth-order valence-corrected chi connectivity index (χ4v) is 3.03. The number of benzene rings is 1. The second-order valence-electron chi connectivity index (χ2n) is 5.68. The van der Waals surface area contributed by atoms with Crippen LogP contribution in [0, 0.1) is 18.6 Å². The van der Waals surface area contributed by atoms with E-state index in [9.17, 15) is 8.78 Å². The Kier molecular flexibility index (Phi) is 5.11. The van der Waals surface area contributed by atoms with Gasteiger partial charge in [0.1, 0.15) is 11.6 Å². The Hall–Kier alpha value is -1.00. The van der Waals surface area contributed by atoms with Crippen molar-refractivity contribution in [2.75, 3.05) is 19.6 Å². The van der Waals surface area contributed by atoms with Gasteiger partial charge < -0.3 is 5.32 Å². The van der Waals surface area contributed by atoms with Crippen molar-refractivity contribution in [3.05, 3.63) is 34.9 Å². The van der Waals surface area contributed by atoms with E-state index in [0.29, 0.717) is 17.2 Å². The van der Waals surface area contributed by atoms with Crippen LogP contribution in [0.4, 0.5) is 8.78 Å². The summed E-state index contributed by atoms with van der Waals surface area (Å²) in [6.07, 6.45) is 2.08. The Labute approximate surface area is 120 Å². The number of halogens is 2. The minimum atomic E-state index is -0.325. The highest BCUT2D eigenvalue weighted by Crippen LogP contribution is 2.28. The highest BCUT2D eigenvalue weighted by Gasteiger charge is 2.28. The molecule has 0 spiro atoms. The molecule has 1 heterocycles. The Morgan fingerprint density at radius 2 is 2.10 bits per heavy atom. The van der Waals surface area contributed by atoms with Crippen molar-refractivity contribution in [1.82, 2.24) is 10.2 Å². The summed E-state index contributed by atoms with van der Waals surface area (Å²) in [5, 5.41) is 3.34. The van der Waals surface area contributed by atoms with Crippen LogP contribution in [0.2, 0.25) is 0 Å². The van der Waals surface area contributed by atoms with Crippen LogP contribution in [0.15, 0.2) is 12.1 Å². The molecular formula is C16H24F2N2. The smallest absolute Gasteiger partial charge is 0.128 e. The van der Waals surface area contributed by atoms with Crippen LogP contribution in [-0.2, 0) is 0 Å². The average molecular weight is 282 g/mol. The zero-order chi connectivity index (χ0) is 14.7. The van der Waals surface area contributed by atoms with Crippen LogP contribution in [0.1, 0.15) is 43.9 Å². The van der Waals surface area contributed by atoms with Crippen molar-refractivity contribution in [3.8, 4) is 0 Å². The third-order valence-electron chi connectivity index (χ3n) is 4.21. The quantitative estimate of drug-likeness (QED) is 0.890. The van der Waals surface area contributed by atoms with E-state index in [-0.39, 0.29) is 17.7 Å². The Morgan fingerprint density at radius 1 is 1.35 bits per heavy atom. The summed E-state index contributed by atoms with van der Waals surface area (Å²) >= 11 is 0. The molecule has 1 aliphatic rings. The molecule has 0 amide bonds. The van der Waals surface area contributed by atoms with E-state index in [2.05, 4.69) is 17.1 Å². The first kappa shape index (κ1) is 15.4. The molecule has 1 N–H and O–H groups in total. The molecule has 0 radical (unpaired) electrons. The Morgan fingerprint density at radius 3 is 2.70 bits per heavy atom. The first-order chi connectivity index (χ1) is 9.54. The molecule has 2 unspecified atom stereocenters. The second kappa shape index (κ2) is 6.64. The third kappa shape index (κ3) is 3.18. The molecule has 1 aromatic rings. The fourth-order valence-electron chi connectivity index (χ4n) is 3.03. The first-order valence-corrected chi connectivity index (χ1v) is 7.46. The van der Waals surface area contributed by atoms with E-state index < -0.39 is 0 Å². The lowest BCUT2D eigenvalue weighted by Crippen LogP contribution is -2.39. The fraction of sp³-hybridized carbons (Fsp3) is 0.625. The predicted octanol–water partition coefficient (Wildman–Crippen LogP) is 3.41. The highest BCUT2D eigenvalue weighted by atomic mass is 19.1. The summed E-state index contributed by atoms with van der Waals surface area (Å²) in [5.41, 5.74) is 0.830. The van der Waals surface area contributed by atoms with Crippen molar-refractivity contribution in [3.63, 3.8) is 0 Å². The van der Waals surface area contributed by atoms with Gasteiger partial charge in [0.15, 0.2) is 0 Å². The van der Waals surface area contributed by atoms with Gasteiger partial charge in [0.2, 0.25) is 0 Å². The molecule has 20 heavy (non-hydrogen) atoms. The molecule has 4 heteroatoms. The number of rotatable bonds is 5. The molecule has 112 valence electrons. The van der Waals surface area contributed by atoms with E-state index >= 15 is 0 Å². The highest BCUT2D eigenvalue weighted by molar-refractivity contribution is 5.27. The molecule has 1 fully saturated rings. The molecule has 1 saturated heterocycles. The zero-order valence-electron chi connectivity index (χ0n) is 12.5. The number of nitrogens with one attached hydrogen (secondary N) is 1. The third-order valence-corrected chi connectivity index (χ3v) is 4.21. The molecular weight excluding hydrogens is 258 g/mol. The summed E-state index contributed by atoms with van der Waals surface area (Å²) in [5.74, 6) is -0.627. The minimum absolute atomic E-state index is 0.102. The Balaban J connectivity index is 2.26. The van der Waals surface area contributed by atoms with Gasteiger partial charge in [0.25, 0.3) is 0 Å². The number of aryl methyl sites for hydroxylation is 1. The summed E-state index contributed by atoms with van der Waals surface area (Å²) in [6, 6.07) is 2.97. The van der Waals surface area contributed by atoms with Crippen LogP contribution in [0.3, 0.4) is 0 Å². The minimum Gasteiger partial charge on any atom is -0.315 e. The summed E-state index contributed by atoms with van der Waals surface area (Å²) in [4.78, 5) is 2.30. The van der Waals surface area contributed by atoms with Gasteiger partial charge >= 0.3 is 0 Å². The average Bonchev–Trinajstić information content (AvgIpc) is 2.93. The zero-order valence-corrected chi connectivity index (χ0v) is 12.5. The second-order valence-corrected chi connectivity index (χ2v) is 5.68. The molecule has 0 aliphatic carbocycles. The molecule has 0 saturated carbocycles. The van der Waals surface area contributed by atoms with E-state index in [4.69, 9.17) is 0 Å². The molecule has 2 rings (SSSR count). The van der Waals surface area contributed by atoms with E-state index in [1.165, 1.54) is 12.1 Å². The maximum absolute atomic E-state index is 14.2. The van der Waals surface area contributed by atoms with Gasteiger partial charge in [-0.25, -0.2) is 8.78 Å². The van der Waals surface area contributed by atoms with Gasteiger partial charge in [-0.2, -0.15) is 0 Å². The van der Waals surface area contributed by atoms with Crippen LogP contribution in [0.25, 0.3) is 0 Å². The normalized spacial score (nSPS) is 20.6. The molecule has 1 aliphatic heterocycles. The first-order valence-electron chi connectivity index (χ1n) is 7.46. The van der Waals surface area contributed by atoms with Gasteiger partial charge in [0.05, 0.1) is 0 Å². The molecule has 0 aromatic heterocycles. The van der Waals surface area contributed by atoms with E-state index in [0.717, 1.165) is 32.5 Å². The number of hydrogen-bond donors (Lipinski definition) is 1. The predicted molar refractivity (Wildman–Crippen MR) is 77.8 cm³/mol. The lowest BCUT2D eigenvalue weighted by Gasteiger charge is -2.34. The Bertz CT molecular complexity index is 456. The van der Waals surface area contributed by atoms with Gasteiger partial charge in [-0.1, -0.05) is 6.92 Å². The molecule has 0 bridgehead atoms. The van der Waals surface area contributed by atoms with Gasteiger partial charge in [0, 0.05) is 24.2 Å². The van der Waals surface area contributed by atoms with Gasteiger partial charge in [-0.3, -0.25) is 4.90 Å². The van der Waals surface area contributed by atoms with Crippen molar-refractivity contribution >= 4 is 0 Å². The monoisotopic (exact) mass is 282 g/mol. The molecule has 2 nitrogen and oxygen atoms in total. The maximum atomic E-state index is 14.2. The number of nitrogens with zero attached hydrogens (tertiary/aromatic N) is 1. The topological polar surface area (TPSA) is 15.3 Å². The van der Waals surface area contributed by atoms with Crippen molar-refractivity contribution < 1.29 is 8.78 Å². The van der Waals surface area contributed by atoms with Crippen molar-refractivity contribution in [2.24, 2.45) is 0 Å². The van der Waals surface area contributed by atoms with Crippen LogP contribution >= 0.6 is 0 Å². The molecule has 1 aromatic carbocycles. The lowest BCUT2D eigenvalue weighted by molar-refractivity contribution is 0.150. The summed E-state index contributed by atoms with van der Waals surface area (Å²) < 4.78 is 27.9. The van der Waals surface area contributed by atoms with E-state index in [1.807, 2.05) is 6.92 Å². The van der Waals surface area contributed by atoms with Gasteiger partial charge in [-0.05, 0) is 57.5 Å². The van der Waals surface area contributed by atoms with Crippen LogP contribution in [0.5, 0.6) is 0 Å². The molecule has 2 atom stereocenters. The van der Waals surface area contributed by atoms with Crippen LogP contribution in [-0.4, -0.2) is 30.6 Å². The lowest BCUT2D eigenvalue weighted by atomic mass is 10.0.